The van der Waals surface area contributed by atoms with Gasteiger partial charge in [-0.05, 0) is 37.1 Å². The Balaban J connectivity index is 1.63. The normalized spacial score (nSPS) is 11.0. The van der Waals surface area contributed by atoms with E-state index in [1.807, 2.05) is 44.6 Å². The third kappa shape index (κ3) is 3.11. The molecule has 0 fully saturated rings. The van der Waals surface area contributed by atoms with Crippen LogP contribution in [0.5, 0.6) is 0 Å². The summed E-state index contributed by atoms with van der Waals surface area (Å²) in [4.78, 5) is 16.5. The van der Waals surface area contributed by atoms with Gasteiger partial charge in [-0.2, -0.15) is 5.10 Å². The highest BCUT2D eigenvalue weighted by atomic mass is 32.1. The number of hydrogen-bond donors (Lipinski definition) is 1. The predicted molar refractivity (Wildman–Crippen MR) is 83.6 cm³/mol. The number of hydrogen-bond acceptors (Lipinski definition) is 4. The molecular formula is C15H16N4OS. The van der Waals surface area contributed by atoms with Crippen LogP contribution < -0.4 is 5.32 Å². The van der Waals surface area contributed by atoms with E-state index in [4.69, 9.17) is 0 Å². The summed E-state index contributed by atoms with van der Waals surface area (Å²) in [6.45, 7) is 2.57. The molecule has 3 rings (SSSR count). The SMILES string of the molecule is Cc1nc2ccc(C(=O)NCCc3cnn(C)c3)cc2s1. The number of nitrogens with zero attached hydrogens (tertiary/aromatic N) is 3. The molecule has 1 aromatic carbocycles. The molecule has 0 aliphatic carbocycles. The molecule has 2 aromatic heterocycles. The van der Waals surface area contributed by atoms with Gasteiger partial charge in [-0.15, -0.1) is 11.3 Å². The second kappa shape index (κ2) is 5.65. The number of benzene rings is 1. The highest BCUT2D eigenvalue weighted by Crippen LogP contribution is 2.22. The minimum Gasteiger partial charge on any atom is -0.352 e. The molecule has 21 heavy (non-hydrogen) atoms. The van der Waals surface area contributed by atoms with Crippen molar-refractivity contribution in [3.63, 3.8) is 0 Å². The first-order valence-corrected chi connectivity index (χ1v) is 7.56. The molecule has 0 saturated carbocycles. The molecular weight excluding hydrogens is 284 g/mol. The maximum Gasteiger partial charge on any atom is 0.251 e. The van der Waals surface area contributed by atoms with Crippen molar-refractivity contribution in [2.24, 2.45) is 7.05 Å². The van der Waals surface area contributed by atoms with Gasteiger partial charge in [-0.3, -0.25) is 9.48 Å². The zero-order valence-corrected chi connectivity index (χ0v) is 12.8. The zero-order valence-electron chi connectivity index (χ0n) is 12.0. The summed E-state index contributed by atoms with van der Waals surface area (Å²) in [5, 5.41) is 8.06. The van der Waals surface area contributed by atoms with Crippen LogP contribution in [0.25, 0.3) is 10.2 Å². The fraction of sp³-hybridized carbons (Fsp3) is 0.267. The van der Waals surface area contributed by atoms with Crippen molar-refractivity contribution in [1.82, 2.24) is 20.1 Å². The number of carbonyl (C=O) groups is 1. The highest BCUT2D eigenvalue weighted by Gasteiger charge is 2.08. The van der Waals surface area contributed by atoms with Crippen LogP contribution in [0.3, 0.4) is 0 Å². The molecule has 5 nitrogen and oxygen atoms in total. The highest BCUT2D eigenvalue weighted by molar-refractivity contribution is 7.18. The third-order valence-corrected chi connectivity index (χ3v) is 4.15. The lowest BCUT2D eigenvalue weighted by Gasteiger charge is -2.04. The number of carbonyl (C=O) groups excluding carboxylic acids is 1. The maximum absolute atomic E-state index is 12.1. The number of thiazole rings is 1. The summed E-state index contributed by atoms with van der Waals surface area (Å²) in [6, 6.07) is 5.62. The summed E-state index contributed by atoms with van der Waals surface area (Å²) in [5.41, 5.74) is 2.74. The van der Waals surface area contributed by atoms with Crippen LogP contribution in [0.1, 0.15) is 20.9 Å². The molecule has 2 heterocycles. The van der Waals surface area contributed by atoms with Gasteiger partial charge < -0.3 is 5.32 Å². The van der Waals surface area contributed by atoms with E-state index in [9.17, 15) is 4.79 Å². The first-order valence-electron chi connectivity index (χ1n) is 6.75. The standard InChI is InChI=1S/C15H16N4OS/c1-10-18-13-4-3-12(7-14(13)21-10)15(20)16-6-5-11-8-17-19(2)9-11/h3-4,7-9H,5-6H2,1-2H3,(H,16,20). The molecule has 0 aliphatic rings. The van der Waals surface area contributed by atoms with Crippen LogP contribution in [0, 0.1) is 6.92 Å². The first-order chi connectivity index (χ1) is 10.1. The maximum atomic E-state index is 12.1. The number of nitrogens with one attached hydrogen (secondary N) is 1. The molecule has 108 valence electrons. The van der Waals surface area contributed by atoms with Crippen molar-refractivity contribution in [1.29, 1.82) is 0 Å². The van der Waals surface area contributed by atoms with Gasteiger partial charge in [0, 0.05) is 25.4 Å². The van der Waals surface area contributed by atoms with Gasteiger partial charge in [0.1, 0.15) is 0 Å². The van der Waals surface area contributed by atoms with Crippen molar-refractivity contribution in [2.75, 3.05) is 6.54 Å². The van der Waals surface area contributed by atoms with E-state index < -0.39 is 0 Å². The average Bonchev–Trinajstić information content (AvgIpc) is 3.02. The quantitative estimate of drug-likeness (QED) is 0.804. The lowest BCUT2D eigenvalue weighted by atomic mass is 10.2. The van der Waals surface area contributed by atoms with Gasteiger partial charge in [-0.25, -0.2) is 4.98 Å². The summed E-state index contributed by atoms with van der Waals surface area (Å²) in [6.07, 6.45) is 4.55. The molecule has 0 radical (unpaired) electrons. The van der Waals surface area contributed by atoms with Crippen LogP contribution >= 0.6 is 11.3 Å². The average molecular weight is 300 g/mol. The zero-order chi connectivity index (χ0) is 14.8. The Morgan fingerprint density at radius 1 is 1.43 bits per heavy atom. The van der Waals surface area contributed by atoms with E-state index in [-0.39, 0.29) is 5.91 Å². The molecule has 0 saturated heterocycles. The summed E-state index contributed by atoms with van der Waals surface area (Å²) in [7, 11) is 1.88. The number of fused-ring (bicyclic) bond motifs is 1. The Bertz CT molecular complexity index is 790. The minimum atomic E-state index is -0.0492. The van der Waals surface area contributed by atoms with Crippen molar-refractivity contribution in [3.05, 3.63) is 46.7 Å². The summed E-state index contributed by atoms with van der Waals surface area (Å²) < 4.78 is 2.81. The van der Waals surface area contributed by atoms with Crippen LogP contribution in [0.2, 0.25) is 0 Å². The minimum absolute atomic E-state index is 0.0492. The van der Waals surface area contributed by atoms with E-state index >= 15 is 0 Å². The van der Waals surface area contributed by atoms with Crippen LogP contribution in [-0.2, 0) is 13.5 Å². The number of rotatable bonds is 4. The van der Waals surface area contributed by atoms with Gasteiger partial charge in [0.15, 0.2) is 0 Å². The molecule has 1 N–H and O–H groups in total. The molecule has 3 aromatic rings. The van der Waals surface area contributed by atoms with E-state index in [1.54, 1.807) is 16.0 Å². The van der Waals surface area contributed by atoms with Crippen LogP contribution in [0.15, 0.2) is 30.6 Å². The molecule has 0 atom stereocenters. The molecule has 6 heteroatoms. The smallest absolute Gasteiger partial charge is 0.251 e. The molecule has 1 amide bonds. The van der Waals surface area contributed by atoms with Crippen LogP contribution in [0.4, 0.5) is 0 Å². The third-order valence-electron chi connectivity index (χ3n) is 3.22. The lowest BCUT2D eigenvalue weighted by molar-refractivity contribution is 0.0954. The van der Waals surface area contributed by atoms with E-state index in [0.717, 1.165) is 27.2 Å². The van der Waals surface area contributed by atoms with Gasteiger partial charge in [0.2, 0.25) is 0 Å². The van der Waals surface area contributed by atoms with Crippen LogP contribution in [-0.4, -0.2) is 27.2 Å². The van der Waals surface area contributed by atoms with Gasteiger partial charge >= 0.3 is 0 Å². The molecule has 0 unspecified atom stereocenters. The first kappa shape index (κ1) is 13.8. The Morgan fingerprint density at radius 2 is 2.29 bits per heavy atom. The van der Waals surface area contributed by atoms with Crippen molar-refractivity contribution in [3.8, 4) is 0 Å². The Morgan fingerprint density at radius 3 is 3.05 bits per heavy atom. The number of aryl methyl sites for hydroxylation is 2. The Labute approximate surface area is 126 Å². The Hall–Kier alpha value is -2.21. The van der Waals surface area contributed by atoms with E-state index in [2.05, 4.69) is 15.4 Å². The van der Waals surface area contributed by atoms with E-state index in [0.29, 0.717) is 12.1 Å². The van der Waals surface area contributed by atoms with Crippen molar-refractivity contribution in [2.45, 2.75) is 13.3 Å². The van der Waals surface area contributed by atoms with Gasteiger partial charge in [0.05, 0.1) is 21.4 Å². The van der Waals surface area contributed by atoms with Crippen molar-refractivity contribution < 1.29 is 4.79 Å². The largest absolute Gasteiger partial charge is 0.352 e. The van der Waals surface area contributed by atoms with Crippen molar-refractivity contribution >= 4 is 27.5 Å². The second-order valence-corrected chi connectivity index (χ2v) is 6.18. The molecule has 0 aliphatic heterocycles. The number of amides is 1. The van der Waals surface area contributed by atoms with Gasteiger partial charge in [-0.1, -0.05) is 0 Å². The fourth-order valence-corrected chi connectivity index (χ4v) is 3.07. The van der Waals surface area contributed by atoms with E-state index in [1.165, 1.54) is 0 Å². The lowest BCUT2D eigenvalue weighted by Crippen LogP contribution is -2.25. The Kier molecular flexibility index (Phi) is 3.70. The molecule has 0 bridgehead atoms. The van der Waals surface area contributed by atoms with Gasteiger partial charge in [0.25, 0.3) is 5.91 Å². The fourth-order valence-electron chi connectivity index (χ4n) is 2.20. The second-order valence-electron chi connectivity index (χ2n) is 4.94. The summed E-state index contributed by atoms with van der Waals surface area (Å²) in [5.74, 6) is -0.0492. The number of aromatic nitrogens is 3. The summed E-state index contributed by atoms with van der Waals surface area (Å²) >= 11 is 1.61. The topological polar surface area (TPSA) is 59.8 Å². The monoisotopic (exact) mass is 300 g/mol. The molecule has 0 spiro atoms. The predicted octanol–water partition coefficient (Wildman–Crippen LogP) is 2.31.